The maximum Gasteiger partial charge on any atom is 0.323 e. The molecule has 2 aliphatic heterocycles. The van der Waals surface area contributed by atoms with E-state index in [-0.39, 0.29) is 46.3 Å². The number of carbonyl (C=O) groups is 2. The molecule has 2 N–H and O–H groups in total. The molecule has 4 aromatic carbocycles. The van der Waals surface area contributed by atoms with Crippen molar-refractivity contribution in [2.75, 3.05) is 44.0 Å². The number of fused-ring (bicyclic) bond motifs is 3. The van der Waals surface area contributed by atoms with Crippen molar-refractivity contribution in [3.05, 3.63) is 84.4 Å². The van der Waals surface area contributed by atoms with Gasteiger partial charge in [0.1, 0.15) is 19.3 Å². The number of nitrogens with one attached hydrogen (secondary N) is 2. The lowest BCUT2D eigenvalue weighted by Gasteiger charge is -2.38. The summed E-state index contributed by atoms with van der Waals surface area (Å²) >= 11 is 0. The van der Waals surface area contributed by atoms with Gasteiger partial charge in [-0.1, -0.05) is 49.4 Å². The lowest BCUT2D eigenvalue weighted by Crippen LogP contribution is -2.49. The van der Waals surface area contributed by atoms with Crippen molar-refractivity contribution in [1.29, 1.82) is 0 Å². The van der Waals surface area contributed by atoms with Crippen molar-refractivity contribution in [2.45, 2.75) is 37.8 Å². The predicted octanol–water partition coefficient (Wildman–Crippen LogP) is 5.82. The number of likely N-dealkylation sites (N-methyl/N-ethyl adjacent to an activating group) is 1. The van der Waals surface area contributed by atoms with Crippen LogP contribution < -0.4 is 24.8 Å². The number of para-hydroxylation sites is 1. The summed E-state index contributed by atoms with van der Waals surface area (Å²) in [5.74, 6) is 0.534. The molecule has 12 heteroatoms. The van der Waals surface area contributed by atoms with Crippen molar-refractivity contribution in [3.8, 4) is 17.2 Å². The third-order valence-electron chi connectivity index (χ3n) is 8.46. The third kappa shape index (κ3) is 6.56. The number of benzene rings is 4. The second-order valence-electron chi connectivity index (χ2n) is 12.1. The van der Waals surface area contributed by atoms with Crippen LogP contribution in [-0.4, -0.2) is 75.1 Å². The van der Waals surface area contributed by atoms with Gasteiger partial charge < -0.3 is 29.7 Å². The van der Waals surface area contributed by atoms with Gasteiger partial charge in [-0.3, -0.25) is 4.79 Å². The highest BCUT2D eigenvalue weighted by Gasteiger charge is 2.36. The fourth-order valence-electron chi connectivity index (χ4n) is 5.85. The summed E-state index contributed by atoms with van der Waals surface area (Å²) in [6.07, 6.45) is -0.677. The standard InChI is InChI=1S/C35H38N4O7S/c1-22(2)39-20-23(3)32(21-38(4)47(42,43)25-15-16-30-31(19-25)45-18-17-44-30)46-33-27(34(39)40)12-8-14-29(33)37-35(41)36-28-13-7-10-24-9-5-6-11-26(24)28/h5-16,19,22-23,32H,17-18,20-21H2,1-4H3,(H2,36,37,41)/t23-,32+/m1/s1. The lowest BCUT2D eigenvalue weighted by atomic mass is 9.99. The van der Waals surface area contributed by atoms with E-state index in [2.05, 4.69) is 10.6 Å². The lowest BCUT2D eigenvalue weighted by molar-refractivity contribution is 0.0485. The van der Waals surface area contributed by atoms with Gasteiger partial charge in [0.05, 0.1) is 28.4 Å². The molecule has 6 rings (SSSR count). The van der Waals surface area contributed by atoms with Gasteiger partial charge >= 0.3 is 6.03 Å². The first-order chi connectivity index (χ1) is 22.5. The van der Waals surface area contributed by atoms with E-state index < -0.39 is 22.2 Å². The molecule has 0 unspecified atom stereocenters. The van der Waals surface area contributed by atoms with Gasteiger partial charge in [0, 0.05) is 37.0 Å². The molecule has 47 heavy (non-hydrogen) atoms. The zero-order valence-electron chi connectivity index (χ0n) is 26.7. The largest absolute Gasteiger partial charge is 0.486 e. The number of anilines is 2. The molecule has 4 aromatic rings. The number of amides is 3. The summed E-state index contributed by atoms with van der Waals surface area (Å²) in [7, 11) is -2.46. The first-order valence-electron chi connectivity index (χ1n) is 15.6. The van der Waals surface area contributed by atoms with Crippen molar-refractivity contribution >= 4 is 44.1 Å². The summed E-state index contributed by atoms with van der Waals surface area (Å²) in [6, 6.07) is 22.3. The fraction of sp³-hybridized carbons (Fsp3) is 0.314. The maximum absolute atomic E-state index is 13.8. The van der Waals surface area contributed by atoms with E-state index in [1.165, 1.54) is 23.5 Å². The minimum atomic E-state index is -3.96. The van der Waals surface area contributed by atoms with Crippen molar-refractivity contribution in [1.82, 2.24) is 9.21 Å². The summed E-state index contributed by atoms with van der Waals surface area (Å²) in [5, 5.41) is 7.63. The SMILES string of the molecule is CC(C)N1C[C@@H](C)[C@H](CN(C)S(=O)(=O)c2ccc3c(c2)OCCO3)Oc2c(NC(=O)Nc3cccc4ccccc34)cccc2C1=O. The Morgan fingerprint density at radius 1 is 0.936 bits per heavy atom. The highest BCUT2D eigenvalue weighted by atomic mass is 32.2. The number of nitrogens with zero attached hydrogens (tertiary/aromatic N) is 2. The molecule has 2 heterocycles. The van der Waals surface area contributed by atoms with Crippen LogP contribution in [0.3, 0.4) is 0 Å². The average Bonchev–Trinajstić information content (AvgIpc) is 3.06. The molecule has 0 fully saturated rings. The van der Waals surface area contributed by atoms with E-state index in [0.717, 1.165) is 10.8 Å². The molecule has 2 atom stereocenters. The zero-order chi connectivity index (χ0) is 33.3. The molecule has 0 radical (unpaired) electrons. The number of carbonyl (C=O) groups excluding carboxylic acids is 2. The van der Waals surface area contributed by atoms with Crippen molar-refractivity contribution in [3.63, 3.8) is 0 Å². The van der Waals surface area contributed by atoms with Gasteiger partial charge in [0.2, 0.25) is 10.0 Å². The molecule has 246 valence electrons. The smallest absolute Gasteiger partial charge is 0.323 e. The number of rotatable bonds is 7. The predicted molar refractivity (Wildman–Crippen MR) is 180 cm³/mol. The molecule has 0 aromatic heterocycles. The van der Waals surface area contributed by atoms with Crippen LogP contribution in [0.2, 0.25) is 0 Å². The van der Waals surface area contributed by atoms with Crippen molar-refractivity contribution < 1.29 is 32.2 Å². The van der Waals surface area contributed by atoms with Crippen LogP contribution in [0.5, 0.6) is 17.2 Å². The van der Waals surface area contributed by atoms with E-state index in [4.69, 9.17) is 14.2 Å². The molecule has 0 saturated heterocycles. The summed E-state index contributed by atoms with van der Waals surface area (Å²) < 4.78 is 46.5. The molecular formula is C35H38N4O7S. The van der Waals surface area contributed by atoms with E-state index in [1.807, 2.05) is 63.2 Å². The van der Waals surface area contributed by atoms with Crippen LogP contribution in [0.1, 0.15) is 31.1 Å². The summed E-state index contributed by atoms with van der Waals surface area (Å²) in [4.78, 5) is 29.0. The van der Waals surface area contributed by atoms with Gasteiger partial charge in [0.15, 0.2) is 17.2 Å². The van der Waals surface area contributed by atoms with E-state index in [1.54, 1.807) is 29.2 Å². The maximum atomic E-state index is 13.8. The Balaban J connectivity index is 1.30. The van der Waals surface area contributed by atoms with Crippen LogP contribution in [-0.2, 0) is 10.0 Å². The van der Waals surface area contributed by atoms with Crippen LogP contribution in [0.15, 0.2) is 83.8 Å². The number of sulfonamides is 1. The van der Waals surface area contributed by atoms with Crippen LogP contribution in [0, 0.1) is 5.92 Å². The fourth-order valence-corrected chi connectivity index (χ4v) is 7.05. The van der Waals surface area contributed by atoms with Crippen LogP contribution in [0.4, 0.5) is 16.2 Å². The Morgan fingerprint density at radius 3 is 2.40 bits per heavy atom. The Hall–Kier alpha value is -4.81. The van der Waals surface area contributed by atoms with Gasteiger partial charge in [-0.15, -0.1) is 0 Å². The topological polar surface area (TPSA) is 127 Å². The van der Waals surface area contributed by atoms with Gasteiger partial charge in [0.25, 0.3) is 5.91 Å². The van der Waals surface area contributed by atoms with Gasteiger partial charge in [-0.05, 0) is 49.6 Å². The quantitative estimate of drug-likeness (QED) is 0.256. The number of hydrogen-bond donors (Lipinski definition) is 2. The summed E-state index contributed by atoms with van der Waals surface area (Å²) in [6.45, 7) is 6.84. The van der Waals surface area contributed by atoms with Gasteiger partial charge in [-0.25, -0.2) is 13.2 Å². The third-order valence-corrected chi connectivity index (χ3v) is 10.3. The zero-order valence-corrected chi connectivity index (χ0v) is 27.5. The van der Waals surface area contributed by atoms with E-state index in [9.17, 15) is 18.0 Å². The number of urea groups is 1. The first kappa shape index (κ1) is 32.1. The number of hydrogen-bond acceptors (Lipinski definition) is 7. The minimum absolute atomic E-state index is 0.0198. The molecule has 0 bridgehead atoms. The molecule has 0 spiro atoms. The molecular weight excluding hydrogens is 620 g/mol. The normalized spacial score (nSPS) is 17.9. The van der Waals surface area contributed by atoms with Crippen molar-refractivity contribution in [2.24, 2.45) is 5.92 Å². The van der Waals surface area contributed by atoms with Crippen LogP contribution >= 0.6 is 0 Å². The average molecular weight is 659 g/mol. The number of ether oxygens (including phenoxy) is 3. The molecule has 0 aliphatic carbocycles. The second kappa shape index (κ2) is 13.1. The minimum Gasteiger partial charge on any atom is -0.486 e. The Kier molecular flexibility index (Phi) is 8.98. The van der Waals surface area contributed by atoms with E-state index >= 15 is 0 Å². The van der Waals surface area contributed by atoms with E-state index in [0.29, 0.717) is 36.9 Å². The Labute approximate surface area is 274 Å². The highest BCUT2D eigenvalue weighted by Crippen LogP contribution is 2.37. The summed E-state index contributed by atoms with van der Waals surface area (Å²) in [5.41, 5.74) is 1.18. The molecule has 3 amide bonds. The highest BCUT2D eigenvalue weighted by molar-refractivity contribution is 7.89. The Bertz CT molecular complexity index is 1930. The molecule has 11 nitrogen and oxygen atoms in total. The second-order valence-corrected chi connectivity index (χ2v) is 14.1. The first-order valence-corrected chi connectivity index (χ1v) is 17.0. The molecule has 0 saturated carbocycles. The molecule has 2 aliphatic rings. The van der Waals surface area contributed by atoms with Gasteiger partial charge in [-0.2, -0.15) is 4.31 Å². The Morgan fingerprint density at radius 2 is 1.62 bits per heavy atom. The van der Waals surface area contributed by atoms with Crippen LogP contribution in [0.25, 0.3) is 10.8 Å². The monoisotopic (exact) mass is 658 g/mol.